The highest BCUT2D eigenvalue weighted by Crippen LogP contribution is 2.32. The van der Waals surface area contributed by atoms with E-state index in [1.807, 2.05) is 0 Å². The smallest absolute Gasteiger partial charge is 0.329 e. The fourth-order valence-electron chi connectivity index (χ4n) is 3.45. The summed E-state index contributed by atoms with van der Waals surface area (Å²) >= 11 is 0. The Morgan fingerprint density at radius 2 is 1.17 bits per heavy atom. The van der Waals surface area contributed by atoms with E-state index in [0.717, 1.165) is 0 Å². The number of carboxylic acid groups (broad SMARTS) is 3. The highest BCUT2D eigenvalue weighted by Gasteiger charge is 2.17. The summed E-state index contributed by atoms with van der Waals surface area (Å²) in [4.78, 5) is 45.2. The lowest BCUT2D eigenvalue weighted by atomic mass is 10.0. The van der Waals surface area contributed by atoms with Gasteiger partial charge in [0.15, 0.2) is 0 Å². The molecule has 3 aromatic rings. The van der Waals surface area contributed by atoms with Gasteiger partial charge in [-0.2, -0.15) is 0 Å². The molecule has 0 saturated carbocycles. The predicted molar refractivity (Wildman–Crippen MR) is 140 cm³/mol. The topological polar surface area (TPSA) is 197 Å². The van der Waals surface area contributed by atoms with Gasteiger partial charge < -0.3 is 48.2 Å². The van der Waals surface area contributed by atoms with Crippen LogP contribution in [0.15, 0.2) is 51.9 Å². The van der Waals surface area contributed by atoms with E-state index in [0.29, 0.717) is 11.3 Å². The first kappa shape index (κ1) is 30.9. The zero-order valence-electron chi connectivity index (χ0n) is 21.7. The number of carbonyl (C=O) groups is 3. The monoisotopic (exact) mass is 576 g/mol. The molecule has 0 radical (unpaired) electrons. The van der Waals surface area contributed by atoms with E-state index in [2.05, 4.69) is 0 Å². The van der Waals surface area contributed by atoms with E-state index in [4.69, 9.17) is 48.2 Å². The van der Waals surface area contributed by atoms with E-state index >= 15 is 0 Å². The summed E-state index contributed by atoms with van der Waals surface area (Å²) in [5.41, 5.74) is 0.517. The number of benzene rings is 2. The lowest BCUT2D eigenvalue weighted by Gasteiger charge is -2.13. The first-order valence-electron chi connectivity index (χ1n) is 12.2. The molecule has 1 aromatic heterocycles. The Morgan fingerprint density at radius 1 is 0.659 bits per heavy atom. The van der Waals surface area contributed by atoms with Crippen molar-refractivity contribution in [2.24, 2.45) is 0 Å². The van der Waals surface area contributed by atoms with Crippen molar-refractivity contribution in [3.63, 3.8) is 0 Å². The molecule has 0 aliphatic rings. The second-order valence-electron chi connectivity index (χ2n) is 8.18. The molecule has 0 atom stereocenters. The molecule has 0 spiro atoms. The molecule has 41 heavy (non-hydrogen) atoms. The molecule has 0 unspecified atom stereocenters. The summed E-state index contributed by atoms with van der Waals surface area (Å²) in [7, 11) is 0. The van der Waals surface area contributed by atoms with Gasteiger partial charge in [0.25, 0.3) is 0 Å². The number of rotatable bonds is 19. The highest BCUT2D eigenvalue weighted by atomic mass is 16.5. The van der Waals surface area contributed by atoms with E-state index in [9.17, 15) is 19.2 Å². The molecule has 0 aliphatic heterocycles. The Morgan fingerprint density at radius 3 is 1.71 bits per heavy atom. The van der Waals surface area contributed by atoms with Crippen LogP contribution in [0.5, 0.6) is 17.2 Å². The molecule has 1 heterocycles. The maximum absolute atomic E-state index is 13.5. The number of ether oxygens (including phenoxy) is 6. The normalized spacial score (nSPS) is 10.8. The minimum absolute atomic E-state index is 0.00150. The first-order valence-corrected chi connectivity index (χ1v) is 12.2. The zero-order chi connectivity index (χ0) is 29.6. The Labute approximate surface area is 232 Å². The van der Waals surface area contributed by atoms with Gasteiger partial charge in [-0.25, -0.2) is 14.4 Å². The first-order chi connectivity index (χ1) is 19.7. The molecular formula is C27H28O14. The van der Waals surface area contributed by atoms with Gasteiger partial charge in [0.05, 0.1) is 25.4 Å². The summed E-state index contributed by atoms with van der Waals surface area (Å²) in [6, 6.07) is 9.52. The van der Waals surface area contributed by atoms with Gasteiger partial charge in [-0.3, -0.25) is 4.79 Å². The van der Waals surface area contributed by atoms with Crippen LogP contribution in [0.4, 0.5) is 0 Å². The second kappa shape index (κ2) is 15.8. The predicted octanol–water partition coefficient (Wildman–Crippen LogP) is 1.90. The number of hydrogen-bond donors (Lipinski definition) is 3. The highest BCUT2D eigenvalue weighted by molar-refractivity contribution is 5.88. The minimum Gasteiger partial charge on any atom is -0.491 e. The molecule has 3 rings (SSSR count). The maximum atomic E-state index is 13.5. The molecule has 0 aliphatic carbocycles. The Balaban J connectivity index is 1.78. The van der Waals surface area contributed by atoms with Gasteiger partial charge in [0.1, 0.15) is 74.1 Å². The van der Waals surface area contributed by atoms with Crippen LogP contribution in [0.1, 0.15) is 0 Å². The summed E-state index contributed by atoms with van der Waals surface area (Å²) in [6.45, 7) is -1.29. The van der Waals surface area contributed by atoms with Crippen molar-refractivity contribution in [2.45, 2.75) is 0 Å². The Hall–Kier alpha value is -4.66. The molecule has 0 amide bonds. The molecule has 14 heteroatoms. The Kier molecular flexibility index (Phi) is 11.9. The SMILES string of the molecule is O=C(O)COCCOc1ccc(-c2coc3cc(OCCOCC(=O)O)cc(OCCOCC(=O)O)c3c2=O)cc1. The summed E-state index contributed by atoms with van der Waals surface area (Å²) in [6.07, 6.45) is 1.29. The average molecular weight is 577 g/mol. The third-order valence-corrected chi connectivity index (χ3v) is 5.13. The van der Waals surface area contributed by atoms with Crippen molar-refractivity contribution in [2.75, 3.05) is 59.5 Å². The summed E-state index contributed by atoms with van der Waals surface area (Å²) < 4.78 is 37.4. The molecule has 2 aromatic carbocycles. The van der Waals surface area contributed by atoms with Crippen LogP contribution in [0, 0.1) is 0 Å². The van der Waals surface area contributed by atoms with Crippen LogP contribution in [-0.2, 0) is 28.6 Å². The van der Waals surface area contributed by atoms with Crippen molar-refractivity contribution in [3.8, 4) is 28.4 Å². The molecular weight excluding hydrogens is 548 g/mol. The van der Waals surface area contributed by atoms with Crippen LogP contribution in [0.3, 0.4) is 0 Å². The van der Waals surface area contributed by atoms with Gasteiger partial charge in [0, 0.05) is 12.1 Å². The van der Waals surface area contributed by atoms with E-state index < -0.39 is 43.2 Å². The molecule has 0 saturated heterocycles. The van der Waals surface area contributed by atoms with E-state index in [1.165, 1.54) is 18.4 Å². The van der Waals surface area contributed by atoms with Crippen molar-refractivity contribution in [1.29, 1.82) is 0 Å². The van der Waals surface area contributed by atoms with Crippen LogP contribution in [0.2, 0.25) is 0 Å². The third kappa shape index (κ3) is 10.1. The van der Waals surface area contributed by atoms with Gasteiger partial charge in [-0.15, -0.1) is 0 Å². The van der Waals surface area contributed by atoms with Crippen molar-refractivity contribution in [3.05, 3.63) is 52.9 Å². The van der Waals surface area contributed by atoms with Crippen molar-refractivity contribution >= 4 is 28.9 Å². The maximum Gasteiger partial charge on any atom is 0.329 e. The quantitative estimate of drug-likeness (QED) is 0.175. The van der Waals surface area contributed by atoms with Crippen LogP contribution in [-0.4, -0.2) is 92.7 Å². The lowest BCUT2D eigenvalue weighted by Crippen LogP contribution is -2.14. The standard InChI is InChI=1S/C27H28O14/c28-23(29)14-35-5-8-38-18-3-1-17(2-4-18)20-13-41-22-12-19(39-9-6-36-15-24(30)31)11-21(26(22)27(20)34)40-10-7-37-16-25(32)33/h1-4,11-13H,5-10,14-16H2,(H,28,29)(H,30,31)(H,32,33). The summed E-state index contributed by atoms with van der Waals surface area (Å²) in [5, 5.41) is 26.1. The summed E-state index contributed by atoms with van der Waals surface area (Å²) in [5.74, 6) is -2.46. The molecule has 0 fully saturated rings. The van der Waals surface area contributed by atoms with Crippen LogP contribution >= 0.6 is 0 Å². The lowest BCUT2D eigenvalue weighted by molar-refractivity contribution is -0.143. The minimum atomic E-state index is -1.14. The van der Waals surface area contributed by atoms with Crippen molar-refractivity contribution < 1.29 is 62.5 Å². The number of carboxylic acids is 3. The Bertz CT molecular complexity index is 1380. The molecule has 0 bridgehead atoms. The number of fused-ring (bicyclic) bond motifs is 1. The third-order valence-electron chi connectivity index (χ3n) is 5.13. The van der Waals surface area contributed by atoms with E-state index in [1.54, 1.807) is 24.3 Å². The van der Waals surface area contributed by atoms with Gasteiger partial charge in [0.2, 0.25) is 5.43 Å². The fraction of sp³-hybridized carbons (Fsp3) is 0.333. The molecule has 14 nitrogen and oxygen atoms in total. The molecule has 220 valence electrons. The number of hydrogen-bond acceptors (Lipinski definition) is 11. The zero-order valence-corrected chi connectivity index (χ0v) is 21.7. The van der Waals surface area contributed by atoms with Crippen molar-refractivity contribution in [1.82, 2.24) is 0 Å². The second-order valence-corrected chi connectivity index (χ2v) is 8.18. The van der Waals surface area contributed by atoms with Gasteiger partial charge in [-0.1, -0.05) is 12.1 Å². The van der Waals surface area contributed by atoms with Gasteiger partial charge in [-0.05, 0) is 17.7 Å². The van der Waals surface area contributed by atoms with Crippen LogP contribution in [0.25, 0.3) is 22.1 Å². The largest absolute Gasteiger partial charge is 0.491 e. The molecule has 3 N–H and O–H groups in total. The fourth-order valence-corrected chi connectivity index (χ4v) is 3.45. The van der Waals surface area contributed by atoms with Crippen LogP contribution < -0.4 is 19.6 Å². The average Bonchev–Trinajstić information content (AvgIpc) is 2.92. The number of aliphatic carboxylic acids is 3. The van der Waals surface area contributed by atoms with Gasteiger partial charge >= 0.3 is 17.9 Å². The van der Waals surface area contributed by atoms with E-state index in [-0.39, 0.29) is 67.7 Å².